The van der Waals surface area contributed by atoms with Crippen LogP contribution in [0, 0.1) is 0 Å². The summed E-state index contributed by atoms with van der Waals surface area (Å²) < 4.78 is 6.48. The minimum atomic E-state index is -0.317. The van der Waals surface area contributed by atoms with Crippen LogP contribution in [-0.2, 0) is 0 Å². The lowest BCUT2D eigenvalue weighted by atomic mass is 10.2. The molecule has 0 saturated carbocycles. The van der Waals surface area contributed by atoms with Crippen molar-refractivity contribution in [1.82, 2.24) is 5.43 Å². The highest BCUT2D eigenvalue weighted by molar-refractivity contribution is 9.10. The Morgan fingerprint density at radius 2 is 1.96 bits per heavy atom. The summed E-state index contributed by atoms with van der Waals surface area (Å²) in [6.45, 7) is 0. The number of hydrazone groups is 1. The number of carbonyl (C=O) groups is 1. The standard InChI is InChI=1S/C18H11BrCl2N2O2/c19-12-3-1-2-11(8-12)18(24)23-22-10-14-5-7-17(25-14)15-9-13(20)4-6-16(15)21/h1-10H,(H,23,24)/b22-10+. The van der Waals surface area contributed by atoms with Gasteiger partial charge in [-0.25, -0.2) is 5.43 Å². The number of halogens is 3. The summed E-state index contributed by atoms with van der Waals surface area (Å²) in [7, 11) is 0. The fourth-order valence-electron chi connectivity index (χ4n) is 2.10. The first-order chi connectivity index (χ1) is 12.0. The van der Waals surface area contributed by atoms with Crippen LogP contribution in [0.3, 0.4) is 0 Å². The number of benzene rings is 2. The van der Waals surface area contributed by atoms with Gasteiger partial charge >= 0.3 is 0 Å². The maximum Gasteiger partial charge on any atom is 0.271 e. The van der Waals surface area contributed by atoms with Crippen molar-refractivity contribution < 1.29 is 9.21 Å². The van der Waals surface area contributed by atoms with Crippen LogP contribution in [0.5, 0.6) is 0 Å². The molecule has 126 valence electrons. The van der Waals surface area contributed by atoms with Crippen LogP contribution < -0.4 is 5.43 Å². The molecule has 2 aromatic carbocycles. The van der Waals surface area contributed by atoms with Gasteiger partial charge in [0, 0.05) is 20.6 Å². The smallest absolute Gasteiger partial charge is 0.271 e. The zero-order chi connectivity index (χ0) is 17.8. The third-order valence-electron chi connectivity index (χ3n) is 3.27. The first kappa shape index (κ1) is 17.7. The molecule has 4 nitrogen and oxygen atoms in total. The molecule has 0 radical (unpaired) electrons. The number of amides is 1. The largest absolute Gasteiger partial charge is 0.455 e. The molecular formula is C18H11BrCl2N2O2. The molecule has 1 amide bonds. The minimum absolute atomic E-state index is 0.317. The number of hydrogen-bond donors (Lipinski definition) is 1. The number of furan rings is 1. The van der Waals surface area contributed by atoms with Crippen molar-refractivity contribution in [3.05, 3.63) is 80.4 Å². The van der Waals surface area contributed by atoms with Gasteiger partial charge < -0.3 is 4.42 Å². The van der Waals surface area contributed by atoms with Crippen molar-refractivity contribution in [3.8, 4) is 11.3 Å². The minimum Gasteiger partial charge on any atom is -0.455 e. The van der Waals surface area contributed by atoms with E-state index in [0.717, 1.165) is 4.47 Å². The van der Waals surface area contributed by atoms with Gasteiger partial charge in [-0.15, -0.1) is 0 Å². The molecule has 3 rings (SSSR count). The molecule has 0 aliphatic carbocycles. The Hall–Kier alpha value is -2.08. The average molecular weight is 438 g/mol. The van der Waals surface area contributed by atoms with Crippen LogP contribution in [0.15, 0.2) is 68.6 Å². The van der Waals surface area contributed by atoms with Gasteiger partial charge in [0.05, 0.1) is 11.2 Å². The quantitative estimate of drug-likeness (QED) is 0.415. The predicted octanol–water partition coefficient (Wildman–Crippen LogP) is 5.78. The SMILES string of the molecule is O=C(N/N=C/c1ccc(-c2cc(Cl)ccc2Cl)o1)c1cccc(Br)c1. The topological polar surface area (TPSA) is 54.6 Å². The molecule has 1 N–H and O–H groups in total. The van der Waals surface area contributed by atoms with Crippen LogP contribution in [0.2, 0.25) is 10.0 Å². The van der Waals surface area contributed by atoms with Crippen molar-refractivity contribution in [2.24, 2.45) is 5.10 Å². The molecule has 7 heteroatoms. The van der Waals surface area contributed by atoms with Crippen molar-refractivity contribution in [2.75, 3.05) is 0 Å². The summed E-state index contributed by atoms with van der Waals surface area (Å²) >= 11 is 15.5. The monoisotopic (exact) mass is 436 g/mol. The molecule has 3 aromatic rings. The van der Waals surface area contributed by atoms with E-state index in [0.29, 0.717) is 32.7 Å². The lowest BCUT2D eigenvalue weighted by Gasteiger charge is -2.01. The Morgan fingerprint density at radius 1 is 1.12 bits per heavy atom. The number of carbonyl (C=O) groups excluding carboxylic acids is 1. The van der Waals surface area contributed by atoms with Crippen LogP contribution in [0.25, 0.3) is 11.3 Å². The van der Waals surface area contributed by atoms with Gasteiger partial charge in [0.15, 0.2) is 0 Å². The van der Waals surface area contributed by atoms with Crippen LogP contribution in [0.1, 0.15) is 16.1 Å². The third-order valence-corrected chi connectivity index (χ3v) is 4.32. The molecule has 0 bridgehead atoms. The van der Waals surface area contributed by atoms with Gasteiger partial charge in [0.2, 0.25) is 0 Å². The summed E-state index contributed by atoms with van der Waals surface area (Å²) in [6, 6.07) is 15.6. The zero-order valence-corrected chi connectivity index (χ0v) is 15.8. The van der Waals surface area contributed by atoms with Gasteiger partial charge in [-0.2, -0.15) is 5.10 Å². The number of nitrogens with zero attached hydrogens (tertiary/aromatic N) is 1. The second kappa shape index (κ2) is 7.87. The van der Waals surface area contributed by atoms with E-state index in [1.807, 2.05) is 6.07 Å². The highest BCUT2D eigenvalue weighted by atomic mass is 79.9. The normalized spacial score (nSPS) is 11.0. The third kappa shape index (κ3) is 4.51. The number of rotatable bonds is 4. The van der Waals surface area contributed by atoms with E-state index in [1.165, 1.54) is 6.21 Å². The van der Waals surface area contributed by atoms with E-state index in [9.17, 15) is 4.79 Å². The number of hydrogen-bond acceptors (Lipinski definition) is 3. The molecule has 1 aromatic heterocycles. The van der Waals surface area contributed by atoms with Gasteiger partial charge in [-0.3, -0.25) is 4.79 Å². The maximum absolute atomic E-state index is 12.0. The van der Waals surface area contributed by atoms with E-state index in [2.05, 4.69) is 26.5 Å². The lowest BCUT2D eigenvalue weighted by molar-refractivity contribution is 0.0955. The van der Waals surface area contributed by atoms with Gasteiger partial charge in [0.1, 0.15) is 11.5 Å². The summed E-state index contributed by atoms with van der Waals surface area (Å²) in [5, 5.41) is 5.00. The summed E-state index contributed by atoms with van der Waals surface area (Å²) in [5.74, 6) is 0.718. The first-order valence-electron chi connectivity index (χ1n) is 7.17. The maximum atomic E-state index is 12.0. The molecular weight excluding hydrogens is 427 g/mol. The highest BCUT2D eigenvalue weighted by Crippen LogP contribution is 2.31. The molecule has 0 fully saturated rings. The summed E-state index contributed by atoms with van der Waals surface area (Å²) in [4.78, 5) is 12.0. The average Bonchev–Trinajstić information content (AvgIpc) is 3.05. The second-order valence-corrected chi connectivity index (χ2v) is 6.79. The molecule has 0 aliphatic heterocycles. The van der Waals surface area contributed by atoms with Crippen LogP contribution in [0.4, 0.5) is 0 Å². The van der Waals surface area contributed by atoms with Crippen molar-refractivity contribution in [2.45, 2.75) is 0 Å². The Morgan fingerprint density at radius 3 is 2.76 bits per heavy atom. The predicted molar refractivity (Wildman–Crippen MR) is 103 cm³/mol. The van der Waals surface area contributed by atoms with Crippen molar-refractivity contribution in [1.29, 1.82) is 0 Å². The van der Waals surface area contributed by atoms with E-state index in [-0.39, 0.29) is 5.91 Å². The van der Waals surface area contributed by atoms with E-state index < -0.39 is 0 Å². The molecule has 0 aliphatic rings. The number of nitrogens with one attached hydrogen (secondary N) is 1. The molecule has 25 heavy (non-hydrogen) atoms. The Balaban J connectivity index is 1.70. The van der Waals surface area contributed by atoms with Gasteiger partial charge in [-0.1, -0.05) is 45.2 Å². The van der Waals surface area contributed by atoms with Gasteiger partial charge in [0.25, 0.3) is 5.91 Å². The first-order valence-corrected chi connectivity index (χ1v) is 8.72. The van der Waals surface area contributed by atoms with Crippen LogP contribution in [-0.4, -0.2) is 12.1 Å². The Bertz CT molecular complexity index is 954. The molecule has 0 atom stereocenters. The fourth-order valence-corrected chi connectivity index (χ4v) is 2.88. The fraction of sp³-hybridized carbons (Fsp3) is 0. The van der Waals surface area contributed by atoms with E-state index in [1.54, 1.807) is 48.5 Å². The highest BCUT2D eigenvalue weighted by Gasteiger charge is 2.09. The van der Waals surface area contributed by atoms with Crippen molar-refractivity contribution >= 4 is 51.3 Å². The van der Waals surface area contributed by atoms with Gasteiger partial charge in [-0.05, 0) is 48.5 Å². The summed E-state index contributed by atoms with van der Waals surface area (Å²) in [5.41, 5.74) is 3.63. The molecule has 0 spiro atoms. The Labute approximate surface area is 162 Å². The van der Waals surface area contributed by atoms with Crippen molar-refractivity contribution in [3.63, 3.8) is 0 Å². The second-order valence-electron chi connectivity index (χ2n) is 5.04. The van der Waals surface area contributed by atoms with E-state index >= 15 is 0 Å². The molecule has 0 unspecified atom stereocenters. The summed E-state index contributed by atoms with van der Waals surface area (Å²) in [6.07, 6.45) is 1.41. The zero-order valence-electron chi connectivity index (χ0n) is 12.7. The van der Waals surface area contributed by atoms with E-state index in [4.69, 9.17) is 27.6 Å². The Kier molecular flexibility index (Phi) is 5.58. The molecule has 1 heterocycles. The van der Waals surface area contributed by atoms with Crippen LogP contribution >= 0.6 is 39.1 Å². The molecule has 0 saturated heterocycles. The lowest BCUT2D eigenvalue weighted by Crippen LogP contribution is -2.17.